The highest BCUT2D eigenvalue weighted by Gasteiger charge is 2.33. The van der Waals surface area contributed by atoms with E-state index in [1.54, 1.807) is 12.1 Å². The smallest absolute Gasteiger partial charge is 0.258 e. The molecule has 0 spiro atoms. The Kier molecular flexibility index (Phi) is 7.10. The van der Waals surface area contributed by atoms with Gasteiger partial charge in [0, 0.05) is 38.3 Å². The molecule has 11 heteroatoms. The summed E-state index contributed by atoms with van der Waals surface area (Å²) in [6, 6.07) is 11.5. The molecule has 1 aliphatic heterocycles. The summed E-state index contributed by atoms with van der Waals surface area (Å²) in [6.07, 6.45) is 3.00. The van der Waals surface area contributed by atoms with Crippen LogP contribution < -0.4 is 0 Å². The van der Waals surface area contributed by atoms with Crippen LogP contribution in [0.1, 0.15) is 25.3 Å². The molecule has 3 rings (SSSR count). The van der Waals surface area contributed by atoms with E-state index in [9.17, 15) is 26.9 Å². The topological polar surface area (TPSA) is 118 Å². The zero-order valence-corrected chi connectivity index (χ0v) is 18.8. The van der Waals surface area contributed by atoms with Crippen LogP contribution in [-0.4, -0.2) is 56.5 Å². The Balaban J connectivity index is 1.68. The van der Waals surface area contributed by atoms with E-state index in [2.05, 4.69) is 6.92 Å². The lowest BCUT2D eigenvalue weighted by atomic mass is 10.1. The third-order valence-electron chi connectivity index (χ3n) is 5.26. The van der Waals surface area contributed by atoms with Crippen molar-refractivity contribution in [3.8, 4) is 0 Å². The molecule has 0 amide bonds. The van der Waals surface area contributed by atoms with Crippen LogP contribution in [0, 0.1) is 10.1 Å². The molecule has 1 fully saturated rings. The third-order valence-corrected chi connectivity index (χ3v) is 9.09. The number of nitrogens with zero attached hydrogens (tertiary/aromatic N) is 3. The standard InChI is InChI=1S/C20H25N3O6S2/c1-2-3-4-17-5-9-19(10-6-17)30(26,27)21-13-15-22(16-14-21)31(28,29)20-11-7-18(8-12-20)23(24)25/h5-12H,2-4,13-16H2,1H3. The predicted molar refractivity (Wildman–Crippen MR) is 116 cm³/mol. The summed E-state index contributed by atoms with van der Waals surface area (Å²) < 4.78 is 54.0. The van der Waals surface area contributed by atoms with Crippen molar-refractivity contribution in [2.24, 2.45) is 0 Å². The second-order valence-corrected chi connectivity index (χ2v) is 11.2. The van der Waals surface area contributed by atoms with Gasteiger partial charge in [0.1, 0.15) is 0 Å². The minimum atomic E-state index is -3.86. The molecule has 168 valence electrons. The molecule has 0 radical (unpaired) electrons. The van der Waals surface area contributed by atoms with Crippen LogP contribution in [0.5, 0.6) is 0 Å². The maximum atomic E-state index is 12.9. The van der Waals surface area contributed by atoms with Gasteiger partial charge in [0.05, 0.1) is 14.7 Å². The van der Waals surface area contributed by atoms with Crippen molar-refractivity contribution in [3.63, 3.8) is 0 Å². The van der Waals surface area contributed by atoms with Crippen molar-refractivity contribution in [2.45, 2.75) is 36.0 Å². The summed E-state index contributed by atoms with van der Waals surface area (Å²) in [6.45, 7) is 2.18. The summed E-state index contributed by atoms with van der Waals surface area (Å²) in [4.78, 5) is 10.3. The Morgan fingerprint density at radius 1 is 0.806 bits per heavy atom. The number of nitro groups is 1. The minimum absolute atomic E-state index is 0.00708. The molecule has 2 aromatic carbocycles. The van der Waals surface area contributed by atoms with Crippen LogP contribution in [0.15, 0.2) is 58.3 Å². The average Bonchev–Trinajstić information content (AvgIpc) is 2.78. The third kappa shape index (κ3) is 5.12. The lowest BCUT2D eigenvalue weighted by molar-refractivity contribution is -0.384. The predicted octanol–water partition coefficient (Wildman–Crippen LogP) is 2.63. The second-order valence-electron chi connectivity index (χ2n) is 7.31. The van der Waals surface area contributed by atoms with Gasteiger partial charge in [0.2, 0.25) is 20.0 Å². The van der Waals surface area contributed by atoms with E-state index in [-0.39, 0.29) is 41.7 Å². The Morgan fingerprint density at radius 2 is 1.23 bits per heavy atom. The Hall–Kier alpha value is -2.34. The van der Waals surface area contributed by atoms with Gasteiger partial charge in [-0.25, -0.2) is 16.8 Å². The number of aryl methyl sites for hydroxylation is 1. The number of hydrogen-bond acceptors (Lipinski definition) is 6. The highest BCUT2D eigenvalue weighted by molar-refractivity contribution is 7.89. The molecule has 1 aliphatic rings. The number of rotatable bonds is 8. The van der Waals surface area contributed by atoms with Crippen LogP contribution in [0.25, 0.3) is 0 Å². The molecule has 0 bridgehead atoms. The van der Waals surface area contributed by atoms with Gasteiger partial charge in [-0.15, -0.1) is 0 Å². The first-order chi connectivity index (χ1) is 14.7. The lowest BCUT2D eigenvalue weighted by Gasteiger charge is -2.33. The molecule has 0 N–H and O–H groups in total. The first-order valence-electron chi connectivity index (χ1n) is 10.00. The molecular formula is C20H25N3O6S2. The van der Waals surface area contributed by atoms with Gasteiger partial charge in [0.15, 0.2) is 0 Å². The fourth-order valence-corrected chi connectivity index (χ4v) is 6.24. The van der Waals surface area contributed by atoms with E-state index in [1.807, 2.05) is 12.1 Å². The number of benzene rings is 2. The van der Waals surface area contributed by atoms with Gasteiger partial charge < -0.3 is 0 Å². The molecule has 9 nitrogen and oxygen atoms in total. The maximum Gasteiger partial charge on any atom is 0.269 e. The van der Waals surface area contributed by atoms with Crippen molar-refractivity contribution in [1.29, 1.82) is 0 Å². The van der Waals surface area contributed by atoms with E-state index in [4.69, 9.17) is 0 Å². The van der Waals surface area contributed by atoms with E-state index in [0.717, 1.165) is 37.0 Å². The van der Waals surface area contributed by atoms with Crippen LogP contribution >= 0.6 is 0 Å². The lowest BCUT2D eigenvalue weighted by Crippen LogP contribution is -2.50. The quantitative estimate of drug-likeness (QED) is 0.435. The Morgan fingerprint density at radius 3 is 1.61 bits per heavy atom. The summed E-state index contributed by atoms with van der Waals surface area (Å²) in [5.41, 5.74) is 0.885. The highest BCUT2D eigenvalue weighted by atomic mass is 32.2. The van der Waals surface area contributed by atoms with Gasteiger partial charge in [-0.2, -0.15) is 8.61 Å². The summed E-state index contributed by atoms with van der Waals surface area (Å²) >= 11 is 0. The summed E-state index contributed by atoms with van der Waals surface area (Å²) in [7, 11) is -7.57. The zero-order valence-electron chi connectivity index (χ0n) is 17.2. The number of non-ortho nitro benzene ring substituents is 1. The van der Waals surface area contributed by atoms with Gasteiger partial charge in [-0.1, -0.05) is 25.5 Å². The van der Waals surface area contributed by atoms with Gasteiger partial charge >= 0.3 is 0 Å². The van der Waals surface area contributed by atoms with E-state index in [1.165, 1.54) is 20.7 Å². The largest absolute Gasteiger partial charge is 0.269 e. The number of nitro benzene ring substituents is 1. The normalized spacial score (nSPS) is 16.3. The number of unbranched alkanes of at least 4 members (excludes halogenated alkanes) is 1. The number of sulfonamides is 2. The Bertz CT molecular complexity index is 1120. The van der Waals surface area contributed by atoms with E-state index < -0.39 is 25.0 Å². The number of piperazine rings is 1. The average molecular weight is 468 g/mol. The zero-order chi connectivity index (χ0) is 22.6. The number of hydrogen-bond donors (Lipinski definition) is 0. The molecule has 0 aliphatic carbocycles. The summed E-state index contributed by atoms with van der Waals surface area (Å²) in [5, 5.41) is 10.8. The molecule has 0 atom stereocenters. The molecule has 2 aromatic rings. The molecule has 0 unspecified atom stereocenters. The van der Waals surface area contributed by atoms with Crippen molar-refractivity contribution in [2.75, 3.05) is 26.2 Å². The maximum absolute atomic E-state index is 12.9. The first kappa shape index (κ1) is 23.3. The van der Waals surface area contributed by atoms with Gasteiger partial charge in [0.25, 0.3) is 5.69 Å². The van der Waals surface area contributed by atoms with E-state index in [0.29, 0.717) is 0 Å². The monoisotopic (exact) mass is 467 g/mol. The van der Waals surface area contributed by atoms with Crippen LogP contribution in [0.2, 0.25) is 0 Å². The Labute approximate surface area is 182 Å². The van der Waals surface area contributed by atoms with Crippen LogP contribution in [0.3, 0.4) is 0 Å². The van der Waals surface area contributed by atoms with Gasteiger partial charge in [-0.3, -0.25) is 10.1 Å². The summed E-state index contributed by atoms with van der Waals surface area (Å²) in [5.74, 6) is 0. The fraction of sp³-hybridized carbons (Fsp3) is 0.400. The van der Waals surface area contributed by atoms with E-state index >= 15 is 0 Å². The minimum Gasteiger partial charge on any atom is -0.258 e. The molecule has 0 saturated carbocycles. The molecule has 31 heavy (non-hydrogen) atoms. The highest BCUT2D eigenvalue weighted by Crippen LogP contribution is 2.23. The van der Waals surface area contributed by atoms with Crippen molar-refractivity contribution >= 4 is 25.7 Å². The van der Waals surface area contributed by atoms with Gasteiger partial charge in [-0.05, 0) is 42.7 Å². The van der Waals surface area contributed by atoms with Crippen molar-refractivity contribution in [1.82, 2.24) is 8.61 Å². The molecule has 1 saturated heterocycles. The molecular weight excluding hydrogens is 442 g/mol. The first-order valence-corrected chi connectivity index (χ1v) is 12.9. The van der Waals surface area contributed by atoms with Crippen LogP contribution in [-0.2, 0) is 26.5 Å². The SMILES string of the molecule is CCCCc1ccc(S(=O)(=O)N2CCN(S(=O)(=O)c3ccc([N+](=O)[O-])cc3)CC2)cc1. The van der Waals surface area contributed by atoms with Crippen molar-refractivity contribution < 1.29 is 21.8 Å². The molecule has 1 heterocycles. The van der Waals surface area contributed by atoms with Crippen molar-refractivity contribution in [3.05, 3.63) is 64.2 Å². The fourth-order valence-electron chi connectivity index (χ4n) is 3.40. The van der Waals surface area contributed by atoms with Crippen LogP contribution in [0.4, 0.5) is 5.69 Å². The molecule has 0 aromatic heterocycles. The second kappa shape index (κ2) is 9.43.